The standard InChI is InChI=1S/C14H19NO4S2/c16-14(17)8-5-11-3-6-13(7-4-11)21(18,19)15-10-12-2-1-9-20-12/h3-4,6-7,12,15H,1-2,5,8-10H2,(H,16,17). The lowest BCUT2D eigenvalue weighted by Gasteiger charge is -2.11. The van der Waals surface area contributed by atoms with E-state index in [0.717, 1.165) is 24.2 Å². The summed E-state index contributed by atoms with van der Waals surface area (Å²) in [4.78, 5) is 10.7. The van der Waals surface area contributed by atoms with Crippen molar-refractivity contribution in [3.8, 4) is 0 Å². The highest BCUT2D eigenvalue weighted by molar-refractivity contribution is 8.00. The summed E-state index contributed by atoms with van der Waals surface area (Å²) in [6.45, 7) is 0.466. The van der Waals surface area contributed by atoms with Gasteiger partial charge in [0.1, 0.15) is 0 Å². The number of thioether (sulfide) groups is 1. The van der Waals surface area contributed by atoms with Crippen LogP contribution in [0.5, 0.6) is 0 Å². The predicted octanol–water partition coefficient (Wildman–Crippen LogP) is 1.88. The predicted molar refractivity (Wildman–Crippen MR) is 83.1 cm³/mol. The van der Waals surface area contributed by atoms with Crippen molar-refractivity contribution in [2.75, 3.05) is 12.3 Å². The highest BCUT2D eigenvalue weighted by Gasteiger charge is 2.20. The minimum absolute atomic E-state index is 0.0449. The van der Waals surface area contributed by atoms with Crippen LogP contribution in [-0.4, -0.2) is 37.0 Å². The Morgan fingerprint density at radius 1 is 1.33 bits per heavy atom. The van der Waals surface area contributed by atoms with Crippen molar-refractivity contribution in [1.29, 1.82) is 0 Å². The Hall–Kier alpha value is -1.05. The van der Waals surface area contributed by atoms with Crippen LogP contribution in [-0.2, 0) is 21.2 Å². The number of rotatable bonds is 7. The fourth-order valence-corrected chi connectivity index (χ4v) is 4.57. The van der Waals surface area contributed by atoms with Crippen LogP contribution >= 0.6 is 11.8 Å². The molecule has 0 aliphatic carbocycles. The SMILES string of the molecule is O=C(O)CCc1ccc(S(=O)(=O)NCC2CCCS2)cc1. The van der Waals surface area contributed by atoms with Crippen molar-refractivity contribution in [2.24, 2.45) is 0 Å². The highest BCUT2D eigenvalue weighted by Crippen LogP contribution is 2.25. The number of hydrogen-bond donors (Lipinski definition) is 2. The number of aliphatic carboxylic acids is 1. The quantitative estimate of drug-likeness (QED) is 0.798. The lowest BCUT2D eigenvalue weighted by Crippen LogP contribution is -2.29. The van der Waals surface area contributed by atoms with Gasteiger partial charge in [-0.25, -0.2) is 13.1 Å². The minimum atomic E-state index is -3.48. The van der Waals surface area contributed by atoms with Gasteiger partial charge >= 0.3 is 5.97 Å². The van der Waals surface area contributed by atoms with Crippen molar-refractivity contribution in [1.82, 2.24) is 4.72 Å². The third kappa shape index (κ3) is 5.01. The minimum Gasteiger partial charge on any atom is -0.481 e. The average Bonchev–Trinajstić information content (AvgIpc) is 2.97. The van der Waals surface area contributed by atoms with E-state index in [0.29, 0.717) is 18.2 Å². The monoisotopic (exact) mass is 329 g/mol. The zero-order valence-corrected chi connectivity index (χ0v) is 13.3. The molecule has 0 amide bonds. The molecule has 1 atom stereocenters. The molecular weight excluding hydrogens is 310 g/mol. The Morgan fingerprint density at radius 3 is 2.62 bits per heavy atom. The summed E-state index contributed by atoms with van der Waals surface area (Å²) in [6.07, 6.45) is 2.65. The molecule has 1 aromatic carbocycles. The van der Waals surface area contributed by atoms with Gasteiger partial charge in [-0.05, 0) is 42.7 Å². The number of benzene rings is 1. The van der Waals surface area contributed by atoms with Crippen LogP contribution in [0.2, 0.25) is 0 Å². The fourth-order valence-electron chi connectivity index (χ4n) is 2.18. The Labute approximate surface area is 129 Å². The Morgan fingerprint density at radius 2 is 2.05 bits per heavy atom. The molecule has 0 saturated carbocycles. The summed E-state index contributed by atoms with van der Waals surface area (Å²) in [5.74, 6) is 0.243. The van der Waals surface area contributed by atoms with E-state index in [4.69, 9.17) is 5.11 Å². The molecule has 1 aliphatic heterocycles. The molecule has 2 rings (SSSR count). The van der Waals surface area contributed by atoms with Gasteiger partial charge in [-0.2, -0.15) is 11.8 Å². The van der Waals surface area contributed by atoms with Gasteiger partial charge in [0.2, 0.25) is 10.0 Å². The molecule has 5 nitrogen and oxygen atoms in total. The first-order valence-electron chi connectivity index (χ1n) is 6.89. The summed E-state index contributed by atoms with van der Waals surface area (Å²) in [5.41, 5.74) is 0.822. The highest BCUT2D eigenvalue weighted by atomic mass is 32.2. The molecule has 0 aromatic heterocycles. The summed E-state index contributed by atoms with van der Waals surface area (Å²) < 4.78 is 26.9. The zero-order chi connectivity index (χ0) is 15.3. The summed E-state index contributed by atoms with van der Waals surface area (Å²) in [5, 5.41) is 8.99. The summed E-state index contributed by atoms with van der Waals surface area (Å²) in [6, 6.07) is 6.40. The maximum Gasteiger partial charge on any atom is 0.303 e. The lowest BCUT2D eigenvalue weighted by molar-refractivity contribution is -0.136. The van der Waals surface area contributed by atoms with Crippen molar-refractivity contribution < 1.29 is 18.3 Å². The Balaban J connectivity index is 1.94. The number of hydrogen-bond acceptors (Lipinski definition) is 4. The molecular formula is C14H19NO4S2. The van der Waals surface area contributed by atoms with Crippen LogP contribution in [0.4, 0.5) is 0 Å². The molecule has 0 radical (unpaired) electrons. The van der Waals surface area contributed by atoms with Crippen molar-refractivity contribution in [3.05, 3.63) is 29.8 Å². The van der Waals surface area contributed by atoms with Crippen LogP contribution in [0.25, 0.3) is 0 Å². The molecule has 0 spiro atoms. The number of aryl methyl sites for hydroxylation is 1. The van der Waals surface area contributed by atoms with Crippen LogP contribution < -0.4 is 4.72 Å². The van der Waals surface area contributed by atoms with Crippen LogP contribution in [0.1, 0.15) is 24.8 Å². The Kier molecular flexibility index (Phi) is 5.66. The summed E-state index contributed by atoms with van der Waals surface area (Å²) in [7, 11) is -3.48. The first-order valence-corrected chi connectivity index (χ1v) is 9.42. The number of carboxylic acid groups (broad SMARTS) is 1. The van der Waals surface area contributed by atoms with Gasteiger partial charge in [-0.1, -0.05) is 12.1 Å². The molecule has 7 heteroatoms. The van der Waals surface area contributed by atoms with Gasteiger partial charge in [-0.3, -0.25) is 4.79 Å². The second kappa shape index (κ2) is 7.29. The van der Waals surface area contributed by atoms with Crippen LogP contribution in [0.15, 0.2) is 29.2 Å². The summed E-state index contributed by atoms with van der Waals surface area (Å²) >= 11 is 1.81. The first-order chi connectivity index (χ1) is 9.97. The topological polar surface area (TPSA) is 83.5 Å². The second-order valence-corrected chi connectivity index (χ2v) is 8.20. The third-order valence-corrected chi connectivity index (χ3v) is 6.22. The fraction of sp³-hybridized carbons (Fsp3) is 0.500. The maximum atomic E-state index is 12.2. The second-order valence-electron chi connectivity index (χ2n) is 5.02. The van der Waals surface area contributed by atoms with E-state index in [1.54, 1.807) is 12.1 Å². The molecule has 116 valence electrons. The third-order valence-electron chi connectivity index (χ3n) is 3.39. The van der Waals surface area contributed by atoms with E-state index in [9.17, 15) is 13.2 Å². The van der Waals surface area contributed by atoms with Gasteiger partial charge in [0.15, 0.2) is 0 Å². The van der Waals surface area contributed by atoms with E-state index < -0.39 is 16.0 Å². The van der Waals surface area contributed by atoms with E-state index in [1.165, 1.54) is 12.1 Å². The Bertz CT molecular complexity index is 577. The van der Waals surface area contributed by atoms with Crippen molar-refractivity contribution >= 4 is 27.8 Å². The molecule has 1 saturated heterocycles. The molecule has 2 N–H and O–H groups in total. The van der Waals surface area contributed by atoms with E-state index in [2.05, 4.69) is 4.72 Å². The number of sulfonamides is 1. The maximum absolute atomic E-state index is 12.2. The molecule has 1 unspecified atom stereocenters. The van der Waals surface area contributed by atoms with Gasteiger partial charge in [0.25, 0.3) is 0 Å². The zero-order valence-electron chi connectivity index (χ0n) is 11.6. The number of carbonyl (C=O) groups is 1. The molecule has 1 aliphatic rings. The van der Waals surface area contributed by atoms with Gasteiger partial charge in [-0.15, -0.1) is 0 Å². The molecule has 0 bridgehead atoms. The molecule has 1 heterocycles. The number of carboxylic acids is 1. The average molecular weight is 329 g/mol. The molecule has 1 aromatic rings. The van der Waals surface area contributed by atoms with E-state index in [1.807, 2.05) is 11.8 Å². The van der Waals surface area contributed by atoms with Crippen molar-refractivity contribution in [3.63, 3.8) is 0 Å². The van der Waals surface area contributed by atoms with Gasteiger partial charge < -0.3 is 5.11 Å². The van der Waals surface area contributed by atoms with Crippen LogP contribution in [0.3, 0.4) is 0 Å². The van der Waals surface area contributed by atoms with Crippen LogP contribution in [0, 0.1) is 0 Å². The van der Waals surface area contributed by atoms with Gasteiger partial charge in [0.05, 0.1) is 4.90 Å². The number of nitrogens with one attached hydrogen (secondary N) is 1. The van der Waals surface area contributed by atoms with E-state index >= 15 is 0 Å². The first kappa shape index (κ1) is 16.3. The largest absolute Gasteiger partial charge is 0.481 e. The van der Waals surface area contributed by atoms with Crippen molar-refractivity contribution in [2.45, 2.75) is 35.8 Å². The normalized spacial score (nSPS) is 18.8. The van der Waals surface area contributed by atoms with E-state index in [-0.39, 0.29) is 11.3 Å². The smallest absolute Gasteiger partial charge is 0.303 e. The molecule has 21 heavy (non-hydrogen) atoms. The molecule has 1 fully saturated rings. The van der Waals surface area contributed by atoms with Gasteiger partial charge in [0, 0.05) is 18.2 Å². The lowest BCUT2D eigenvalue weighted by atomic mass is 10.1.